The molecule has 20 heavy (non-hydrogen) atoms. The van der Waals surface area contributed by atoms with Gasteiger partial charge in [0.15, 0.2) is 7.12 Å². The fourth-order valence-electron chi connectivity index (χ4n) is 2.97. The highest BCUT2D eigenvalue weighted by Crippen LogP contribution is 2.45. The Morgan fingerprint density at radius 1 is 1.20 bits per heavy atom. The maximum absolute atomic E-state index is 11.9. The molecule has 1 aliphatic carbocycles. The zero-order valence-corrected chi connectivity index (χ0v) is 11.6. The summed E-state index contributed by atoms with van der Waals surface area (Å²) in [7, 11) is -1.07. The first-order chi connectivity index (χ1) is 9.72. The second kappa shape index (κ2) is 5.56. The molecule has 0 aromatic heterocycles. The van der Waals surface area contributed by atoms with E-state index < -0.39 is 19.3 Å². The Kier molecular flexibility index (Phi) is 3.79. The minimum Gasteiger partial charge on any atom is -0.856 e. The molecule has 2 aromatic rings. The summed E-state index contributed by atoms with van der Waals surface area (Å²) >= 11 is 0. The molecule has 0 radical (unpaired) electrons. The highest BCUT2D eigenvalue weighted by molar-refractivity contribution is 6.40. The van der Waals surface area contributed by atoms with Gasteiger partial charge in [0.1, 0.15) is 6.10 Å². The molecular formula is C16H18BO3-. The van der Waals surface area contributed by atoms with Crippen LogP contribution in [-0.4, -0.2) is 12.2 Å². The molecule has 3 nitrogen and oxygen atoms in total. The van der Waals surface area contributed by atoms with Gasteiger partial charge in [-0.15, -0.1) is 0 Å². The minimum atomic E-state index is -1.07. The third-order valence-corrected chi connectivity index (χ3v) is 3.97. The summed E-state index contributed by atoms with van der Waals surface area (Å²) in [6.07, 6.45) is 1.05. The highest BCUT2D eigenvalue weighted by Gasteiger charge is 2.33. The lowest BCUT2D eigenvalue weighted by Crippen LogP contribution is -2.36. The third kappa shape index (κ3) is 2.24. The van der Waals surface area contributed by atoms with Crippen LogP contribution in [0.15, 0.2) is 36.4 Å². The number of rotatable bonds is 5. The van der Waals surface area contributed by atoms with Gasteiger partial charge < -0.3 is 14.8 Å². The van der Waals surface area contributed by atoms with Gasteiger partial charge in [-0.25, -0.2) is 0 Å². The molecule has 0 fully saturated rings. The Hall–Kier alpha value is -1.36. The summed E-state index contributed by atoms with van der Waals surface area (Å²) in [5.74, 6) is 0. The SMILES string of the molecule is CCCCB([O-])O[C@H]1c2cccc3cccc(c23)[C@H]1O. The molecule has 3 rings (SSSR count). The van der Waals surface area contributed by atoms with Crippen molar-refractivity contribution in [3.63, 3.8) is 0 Å². The smallest absolute Gasteiger partial charge is 0.184 e. The van der Waals surface area contributed by atoms with E-state index in [9.17, 15) is 10.1 Å². The minimum absolute atomic E-state index is 0.492. The van der Waals surface area contributed by atoms with Gasteiger partial charge in [0.2, 0.25) is 0 Å². The van der Waals surface area contributed by atoms with Crippen molar-refractivity contribution in [3.05, 3.63) is 47.5 Å². The fourth-order valence-corrected chi connectivity index (χ4v) is 2.97. The number of hydrogen-bond donors (Lipinski definition) is 1. The first-order valence-electron chi connectivity index (χ1n) is 7.23. The van der Waals surface area contributed by atoms with Crippen LogP contribution in [-0.2, 0) is 4.65 Å². The summed E-state index contributed by atoms with van der Waals surface area (Å²) in [5.41, 5.74) is 1.80. The molecule has 4 heteroatoms. The molecule has 0 aliphatic heterocycles. The number of benzene rings is 2. The van der Waals surface area contributed by atoms with Crippen LogP contribution in [0.5, 0.6) is 0 Å². The molecule has 0 spiro atoms. The van der Waals surface area contributed by atoms with Crippen molar-refractivity contribution in [3.8, 4) is 0 Å². The molecule has 0 saturated carbocycles. The predicted molar refractivity (Wildman–Crippen MR) is 78.2 cm³/mol. The lowest BCUT2D eigenvalue weighted by atomic mass is 9.82. The molecule has 0 bridgehead atoms. The maximum atomic E-state index is 11.9. The van der Waals surface area contributed by atoms with Crippen LogP contribution in [0.2, 0.25) is 6.32 Å². The molecule has 104 valence electrons. The molecule has 2 atom stereocenters. The highest BCUT2D eigenvalue weighted by atomic mass is 16.5. The molecule has 0 heterocycles. The van der Waals surface area contributed by atoms with Gasteiger partial charge in [0.05, 0.1) is 6.10 Å². The van der Waals surface area contributed by atoms with Crippen LogP contribution in [0.25, 0.3) is 10.8 Å². The van der Waals surface area contributed by atoms with Crippen LogP contribution in [0.1, 0.15) is 43.1 Å². The summed E-state index contributed by atoms with van der Waals surface area (Å²) < 4.78 is 5.59. The van der Waals surface area contributed by atoms with Crippen molar-refractivity contribution in [2.45, 2.75) is 38.3 Å². The van der Waals surface area contributed by atoms with E-state index in [0.717, 1.165) is 34.7 Å². The summed E-state index contributed by atoms with van der Waals surface area (Å²) in [4.78, 5) is 0. The molecule has 0 saturated heterocycles. The topological polar surface area (TPSA) is 52.5 Å². The normalized spacial score (nSPS) is 20.6. The Morgan fingerprint density at radius 3 is 2.60 bits per heavy atom. The second-order valence-electron chi connectivity index (χ2n) is 5.37. The van der Waals surface area contributed by atoms with Crippen molar-refractivity contribution in [2.24, 2.45) is 0 Å². The number of hydrogen-bond acceptors (Lipinski definition) is 3. The predicted octanol–water partition coefficient (Wildman–Crippen LogP) is 2.59. The number of unbranched alkanes of at least 4 members (excludes halogenated alkanes) is 1. The average Bonchev–Trinajstić information content (AvgIpc) is 2.73. The average molecular weight is 269 g/mol. The van der Waals surface area contributed by atoms with E-state index in [1.54, 1.807) is 0 Å². The quantitative estimate of drug-likeness (QED) is 0.849. The van der Waals surface area contributed by atoms with E-state index in [4.69, 9.17) is 4.65 Å². The van der Waals surface area contributed by atoms with E-state index in [0.29, 0.717) is 6.32 Å². The molecule has 1 N–H and O–H groups in total. The van der Waals surface area contributed by atoms with Gasteiger partial charge in [-0.2, -0.15) is 0 Å². The maximum Gasteiger partial charge on any atom is 0.184 e. The van der Waals surface area contributed by atoms with Crippen LogP contribution >= 0.6 is 0 Å². The van der Waals surface area contributed by atoms with Gasteiger partial charge in [0.25, 0.3) is 0 Å². The first kappa shape index (κ1) is 13.6. The van der Waals surface area contributed by atoms with Gasteiger partial charge in [-0.05, 0) is 21.9 Å². The Balaban J connectivity index is 1.90. The molecular weight excluding hydrogens is 251 g/mol. The van der Waals surface area contributed by atoms with Crippen LogP contribution < -0.4 is 5.02 Å². The monoisotopic (exact) mass is 269 g/mol. The molecule has 1 aliphatic rings. The lowest BCUT2D eigenvalue weighted by molar-refractivity contribution is -0.231. The zero-order chi connectivity index (χ0) is 14.1. The zero-order valence-electron chi connectivity index (χ0n) is 11.6. The summed E-state index contributed by atoms with van der Waals surface area (Å²) in [6, 6.07) is 11.8. The standard InChI is InChI=1S/C16H18BO3/c1-2-3-10-17(19)20-16-13-9-5-7-11-6-4-8-12(14(11)13)15(16)18/h4-9,15-16,18H,2-3,10H2,1H3/q-1/t15-,16+/m1/s1. The molecule has 0 unspecified atom stereocenters. The van der Waals surface area contributed by atoms with E-state index in [1.807, 2.05) is 43.3 Å². The number of aliphatic hydroxyl groups is 1. The Bertz CT molecular complexity index is 608. The van der Waals surface area contributed by atoms with E-state index in [1.165, 1.54) is 0 Å². The van der Waals surface area contributed by atoms with Crippen LogP contribution in [0.4, 0.5) is 0 Å². The molecule has 2 aromatic carbocycles. The number of aliphatic hydroxyl groups excluding tert-OH is 1. The van der Waals surface area contributed by atoms with Crippen molar-refractivity contribution in [1.29, 1.82) is 0 Å². The van der Waals surface area contributed by atoms with Crippen LogP contribution in [0, 0.1) is 0 Å². The lowest BCUT2D eigenvalue weighted by Gasteiger charge is -2.27. The summed E-state index contributed by atoms with van der Waals surface area (Å²) in [5, 5.41) is 24.5. The van der Waals surface area contributed by atoms with E-state index in [2.05, 4.69) is 0 Å². The van der Waals surface area contributed by atoms with Gasteiger partial charge in [-0.3, -0.25) is 0 Å². The Labute approximate surface area is 119 Å². The molecule has 0 amide bonds. The van der Waals surface area contributed by atoms with E-state index >= 15 is 0 Å². The fraction of sp³-hybridized carbons (Fsp3) is 0.375. The van der Waals surface area contributed by atoms with Crippen molar-refractivity contribution in [2.75, 3.05) is 0 Å². The summed E-state index contributed by atoms with van der Waals surface area (Å²) in [6.45, 7) is 2.05. The first-order valence-corrected chi connectivity index (χ1v) is 7.23. The van der Waals surface area contributed by atoms with Crippen molar-refractivity contribution >= 4 is 17.9 Å². The second-order valence-corrected chi connectivity index (χ2v) is 5.37. The van der Waals surface area contributed by atoms with Gasteiger partial charge >= 0.3 is 0 Å². The van der Waals surface area contributed by atoms with Crippen molar-refractivity contribution in [1.82, 2.24) is 0 Å². The van der Waals surface area contributed by atoms with Crippen LogP contribution in [0.3, 0.4) is 0 Å². The van der Waals surface area contributed by atoms with E-state index in [-0.39, 0.29) is 0 Å². The largest absolute Gasteiger partial charge is 0.856 e. The third-order valence-electron chi connectivity index (χ3n) is 3.97. The van der Waals surface area contributed by atoms with Crippen molar-refractivity contribution < 1.29 is 14.8 Å². The van der Waals surface area contributed by atoms with Gasteiger partial charge in [-0.1, -0.05) is 62.5 Å². The van der Waals surface area contributed by atoms with Gasteiger partial charge in [0, 0.05) is 0 Å². The Morgan fingerprint density at radius 2 is 1.90 bits per heavy atom.